The van der Waals surface area contributed by atoms with Gasteiger partial charge in [-0.3, -0.25) is 9.59 Å². The summed E-state index contributed by atoms with van der Waals surface area (Å²) in [7, 11) is 0. The van der Waals surface area contributed by atoms with E-state index in [2.05, 4.69) is 15.0 Å². The predicted octanol–water partition coefficient (Wildman–Crippen LogP) is 2.05. The molecule has 0 spiro atoms. The highest BCUT2D eigenvalue weighted by atomic mass is 16.3. The number of primary amides is 1. The Balaban J connectivity index is 1.40. The van der Waals surface area contributed by atoms with Crippen molar-refractivity contribution in [1.29, 1.82) is 0 Å². The molecule has 2 N–H and O–H groups in total. The molecule has 1 saturated heterocycles. The van der Waals surface area contributed by atoms with Gasteiger partial charge in [0, 0.05) is 43.5 Å². The lowest BCUT2D eigenvalue weighted by molar-refractivity contribution is 0.0714. The first kappa shape index (κ1) is 18.9. The number of fused-ring (bicyclic) bond motifs is 1. The fourth-order valence-electron chi connectivity index (χ4n) is 3.86. The Kier molecular flexibility index (Phi) is 4.62. The van der Waals surface area contributed by atoms with Crippen LogP contribution >= 0.6 is 0 Å². The number of amides is 2. The molecule has 1 fully saturated rings. The average Bonchev–Trinajstić information content (AvgIpc) is 3.49. The lowest BCUT2D eigenvalue weighted by Gasteiger charge is -2.35. The monoisotopic (exact) mass is 416 g/mol. The molecule has 9 nitrogen and oxygen atoms in total. The topological polar surface area (TPSA) is 110 Å². The van der Waals surface area contributed by atoms with Crippen molar-refractivity contribution in [3.8, 4) is 11.1 Å². The molecule has 0 aliphatic carbocycles. The van der Waals surface area contributed by atoms with Gasteiger partial charge in [0.05, 0.1) is 12.5 Å². The maximum Gasteiger partial charge on any atom is 0.289 e. The summed E-state index contributed by atoms with van der Waals surface area (Å²) in [6, 6.07) is 12.4. The van der Waals surface area contributed by atoms with Gasteiger partial charge in [-0.1, -0.05) is 12.1 Å². The quantitative estimate of drug-likeness (QED) is 0.545. The summed E-state index contributed by atoms with van der Waals surface area (Å²) in [4.78, 5) is 32.5. The Bertz CT molecular complexity index is 1260. The molecule has 9 heteroatoms. The standard InChI is InChI=1S/C22H20N6O3/c23-20(29)16-4-1-3-15(13-16)17-14-25-28-19(6-7-24-21(17)28)26-8-10-27(11-9-26)22(30)18-5-2-12-31-18/h1-7,12-14H,8-11H2,(H2,23,29). The summed E-state index contributed by atoms with van der Waals surface area (Å²) in [5, 5.41) is 4.54. The summed E-state index contributed by atoms with van der Waals surface area (Å²) in [6.07, 6.45) is 4.99. The Hall–Kier alpha value is -4.14. The van der Waals surface area contributed by atoms with E-state index in [0.717, 1.165) is 16.9 Å². The molecule has 5 rings (SSSR count). The highest BCUT2D eigenvalue weighted by molar-refractivity contribution is 5.95. The van der Waals surface area contributed by atoms with Crippen LogP contribution in [0.5, 0.6) is 0 Å². The Morgan fingerprint density at radius 3 is 2.61 bits per heavy atom. The maximum atomic E-state index is 12.5. The molecule has 0 radical (unpaired) electrons. The van der Waals surface area contributed by atoms with Gasteiger partial charge in [-0.25, -0.2) is 4.98 Å². The Labute approximate surface area is 177 Å². The van der Waals surface area contributed by atoms with Crippen LogP contribution in [0.25, 0.3) is 16.8 Å². The normalized spacial score (nSPS) is 14.2. The first-order chi connectivity index (χ1) is 15.1. The molecular weight excluding hydrogens is 396 g/mol. The molecule has 156 valence electrons. The van der Waals surface area contributed by atoms with Crippen molar-refractivity contribution in [2.45, 2.75) is 0 Å². The molecule has 1 aliphatic heterocycles. The van der Waals surface area contributed by atoms with Crippen molar-refractivity contribution >= 4 is 23.3 Å². The molecule has 31 heavy (non-hydrogen) atoms. The van der Waals surface area contributed by atoms with Crippen molar-refractivity contribution in [2.75, 3.05) is 31.1 Å². The average molecular weight is 416 g/mol. The van der Waals surface area contributed by atoms with Gasteiger partial charge in [0.1, 0.15) is 5.82 Å². The summed E-state index contributed by atoms with van der Waals surface area (Å²) in [5.41, 5.74) is 8.18. The van der Waals surface area contributed by atoms with E-state index in [1.54, 1.807) is 52.1 Å². The van der Waals surface area contributed by atoms with Crippen LogP contribution in [0.4, 0.5) is 5.82 Å². The minimum atomic E-state index is -0.478. The number of benzene rings is 1. The van der Waals surface area contributed by atoms with Crippen LogP contribution in [0.2, 0.25) is 0 Å². The van der Waals surface area contributed by atoms with Gasteiger partial charge < -0.3 is 20.0 Å². The van der Waals surface area contributed by atoms with Crippen LogP contribution < -0.4 is 10.6 Å². The number of nitrogens with two attached hydrogens (primary N) is 1. The third kappa shape index (κ3) is 3.39. The summed E-state index contributed by atoms with van der Waals surface area (Å²) < 4.78 is 7.02. The number of furan rings is 1. The van der Waals surface area contributed by atoms with Crippen LogP contribution in [0.1, 0.15) is 20.9 Å². The van der Waals surface area contributed by atoms with Gasteiger partial charge in [-0.05, 0) is 35.9 Å². The number of piperazine rings is 1. The van der Waals surface area contributed by atoms with Gasteiger partial charge in [0.15, 0.2) is 11.4 Å². The molecule has 4 aromatic rings. The molecule has 0 bridgehead atoms. The van der Waals surface area contributed by atoms with Crippen molar-refractivity contribution < 1.29 is 14.0 Å². The van der Waals surface area contributed by atoms with E-state index in [1.807, 2.05) is 12.1 Å². The molecule has 0 unspecified atom stereocenters. The number of carbonyl (C=O) groups is 2. The zero-order valence-electron chi connectivity index (χ0n) is 16.6. The molecule has 0 atom stereocenters. The fraction of sp³-hybridized carbons (Fsp3) is 0.182. The zero-order valence-corrected chi connectivity index (χ0v) is 16.6. The molecule has 2 amide bonds. The van der Waals surface area contributed by atoms with Crippen molar-refractivity contribution in [1.82, 2.24) is 19.5 Å². The van der Waals surface area contributed by atoms with Gasteiger partial charge >= 0.3 is 0 Å². The van der Waals surface area contributed by atoms with Crippen molar-refractivity contribution in [2.24, 2.45) is 5.73 Å². The number of carbonyl (C=O) groups excluding carboxylic acids is 2. The number of rotatable bonds is 4. The fourth-order valence-corrected chi connectivity index (χ4v) is 3.86. The van der Waals surface area contributed by atoms with E-state index in [0.29, 0.717) is 43.1 Å². The van der Waals surface area contributed by atoms with Crippen molar-refractivity contribution in [3.05, 3.63) is 72.4 Å². The van der Waals surface area contributed by atoms with Gasteiger partial charge in [-0.15, -0.1) is 0 Å². The SMILES string of the molecule is NC(=O)c1cccc(-c2cnn3c(N4CCN(C(=O)c5ccco5)CC4)ccnc23)c1. The van der Waals surface area contributed by atoms with Gasteiger partial charge in [0.2, 0.25) is 5.91 Å². The van der Waals surface area contributed by atoms with Crippen molar-refractivity contribution in [3.63, 3.8) is 0 Å². The minimum absolute atomic E-state index is 0.0970. The maximum absolute atomic E-state index is 12.5. The lowest BCUT2D eigenvalue weighted by Crippen LogP contribution is -2.49. The molecule has 3 aromatic heterocycles. The first-order valence-electron chi connectivity index (χ1n) is 9.92. The molecule has 1 aliphatic rings. The Morgan fingerprint density at radius 2 is 1.87 bits per heavy atom. The molecule has 1 aromatic carbocycles. The molecular formula is C22H20N6O3. The van der Waals surface area contributed by atoms with E-state index in [-0.39, 0.29) is 5.91 Å². The highest BCUT2D eigenvalue weighted by Gasteiger charge is 2.25. The minimum Gasteiger partial charge on any atom is -0.459 e. The predicted molar refractivity (Wildman–Crippen MR) is 114 cm³/mol. The van der Waals surface area contributed by atoms with Crippen LogP contribution in [0, 0.1) is 0 Å². The van der Waals surface area contributed by atoms with E-state index in [1.165, 1.54) is 6.26 Å². The number of nitrogens with zero attached hydrogens (tertiary/aromatic N) is 5. The smallest absolute Gasteiger partial charge is 0.289 e. The lowest BCUT2D eigenvalue weighted by atomic mass is 10.1. The number of anilines is 1. The number of hydrogen-bond acceptors (Lipinski definition) is 6. The first-order valence-corrected chi connectivity index (χ1v) is 9.92. The third-order valence-corrected chi connectivity index (χ3v) is 5.46. The molecule has 4 heterocycles. The van der Waals surface area contributed by atoms with E-state index >= 15 is 0 Å². The second kappa shape index (κ2) is 7.60. The largest absolute Gasteiger partial charge is 0.459 e. The summed E-state index contributed by atoms with van der Waals surface area (Å²) in [6.45, 7) is 2.49. The van der Waals surface area contributed by atoms with Crippen LogP contribution in [-0.2, 0) is 0 Å². The Morgan fingerprint density at radius 1 is 1.03 bits per heavy atom. The number of hydrogen-bond donors (Lipinski definition) is 1. The highest BCUT2D eigenvalue weighted by Crippen LogP contribution is 2.27. The van der Waals surface area contributed by atoms with E-state index < -0.39 is 5.91 Å². The van der Waals surface area contributed by atoms with Gasteiger partial charge in [0.25, 0.3) is 5.91 Å². The van der Waals surface area contributed by atoms with E-state index in [4.69, 9.17) is 10.2 Å². The molecule has 0 saturated carbocycles. The van der Waals surface area contributed by atoms with Crippen LogP contribution in [0.3, 0.4) is 0 Å². The summed E-state index contributed by atoms with van der Waals surface area (Å²) >= 11 is 0. The van der Waals surface area contributed by atoms with Gasteiger partial charge in [-0.2, -0.15) is 9.61 Å². The van der Waals surface area contributed by atoms with Crippen LogP contribution in [0.15, 0.2) is 65.5 Å². The second-order valence-electron chi connectivity index (χ2n) is 7.30. The summed E-state index contributed by atoms with van der Waals surface area (Å²) in [5.74, 6) is 0.677. The third-order valence-electron chi connectivity index (χ3n) is 5.46. The zero-order chi connectivity index (χ0) is 21.4. The van der Waals surface area contributed by atoms with E-state index in [9.17, 15) is 9.59 Å². The van der Waals surface area contributed by atoms with Crippen LogP contribution in [-0.4, -0.2) is 57.5 Å². The second-order valence-corrected chi connectivity index (χ2v) is 7.30. The number of aromatic nitrogens is 3.